The van der Waals surface area contributed by atoms with E-state index in [1.807, 2.05) is 13.8 Å². The van der Waals surface area contributed by atoms with Crippen molar-refractivity contribution in [3.63, 3.8) is 0 Å². The fourth-order valence-corrected chi connectivity index (χ4v) is 4.72. The van der Waals surface area contributed by atoms with Crippen molar-refractivity contribution in [2.75, 3.05) is 6.61 Å². The van der Waals surface area contributed by atoms with Crippen LogP contribution in [0.3, 0.4) is 0 Å². The molecule has 2 aliphatic rings. The van der Waals surface area contributed by atoms with E-state index in [0.29, 0.717) is 19.3 Å². The lowest BCUT2D eigenvalue weighted by Crippen LogP contribution is -2.42. The minimum Gasteiger partial charge on any atom is -0.392 e. The Morgan fingerprint density at radius 1 is 1.21 bits per heavy atom. The van der Waals surface area contributed by atoms with Gasteiger partial charge in [-0.3, -0.25) is 0 Å². The molecule has 0 unspecified atom stereocenters. The molecule has 0 heterocycles. The van der Waals surface area contributed by atoms with E-state index >= 15 is 0 Å². The van der Waals surface area contributed by atoms with Crippen molar-refractivity contribution in [3.8, 4) is 0 Å². The average molecular weight is 338 g/mol. The van der Waals surface area contributed by atoms with Crippen LogP contribution < -0.4 is 0 Å². The zero-order valence-electron chi connectivity index (χ0n) is 15.3. The molecule has 138 valence electrons. The summed E-state index contributed by atoms with van der Waals surface area (Å²) in [6, 6.07) is 0. The van der Waals surface area contributed by atoms with Crippen molar-refractivity contribution in [1.82, 2.24) is 0 Å². The Kier molecular flexibility index (Phi) is 5.96. The van der Waals surface area contributed by atoms with Gasteiger partial charge in [0.2, 0.25) is 0 Å². The smallest absolute Gasteiger partial charge is 0.0780 e. The van der Waals surface area contributed by atoms with Gasteiger partial charge in [-0.25, -0.2) is 0 Å². The van der Waals surface area contributed by atoms with Gasteiger partial charge in [0.1, 0.15) is 0 Å². The number of hydrogen-bond donors (Lipinski definition) is 4. The summed E-state index contributed by atoms with van der Waals surface area (Å²) < 4.78 is 0. The van der Waals surface area contributed by atoms with Gasteiger partial charge in [-0.05, 0) is 75.4 Å². The predicted molar refractivity (Wildman–Crippen MR) is 95.4 cm³/mol. The van der Waals surface area contributed by atoms with E-state index in [2.05, 4.69) is 13.5 Å². The van der Waals surface area contributed by atoms with Gasteiger partial charge in [0, 0.05) is 5.41 Å². The SMILES string of the molecule is C=C1CC[C@H]2[C@H](C(C)(C)O)CC[C@]2(C)[C@H](O)/C=C(\CO)CC[C@@H]1O. The Labute approximate surface area is 145 Å². The largest absolute Gasteiger partial charge is 0.392 e. The molecule has 0 radical (unpaired) electrons. The normalized spacial score (nSPS) is 41.3. The average Bonchev–Trinajstić information content (AvgIpc) is 2.85. The van der Waals surface area contributed by atoms with Crippen LogP contribution in [0.25, 0.3) is 0 Å². The topological polar surface area (TPSA) is 80.9 Å². The summed E-state index contributed by atoms with van der Waals surface area (Å²) in [7, 11) is 0. The Morgan fingerprint density at radius 3 is 2.46 bits per heavy atom. The van der Waals surface area contributed by atoms with Gasteiger partial charge in [0.25, 0.3) is 0 Å². The van der Waals surface area contributed by atoms with E-state index in [9.17, 15) is 20.4 Å². The van der Waals surface area contributed by atoms with Crippen LogP contribution in [-0.4, -0.2) is 44.8 Å². The highest BCUT2D eigenvalue weighted by atomic mass is 16.3. The van der Waals surface area contributed by atoms with Gasteiger partial charge < -0.3 is 20.4 Å². The van der Waals surface area contributed by atoms with Crippen LogP contribution >= 0.6 is 0 Å². The van der Waals surface area contributed by atoms with Crippen LogP contribution in [0.15, 0.2) is 23.8 Å². The van der Waals surface area contributed by atoms with E-state index < -0.39 is 17.8 Å². The summed E-state index contributed by atoms with van der Waals surface area (Å²) in [5.41, 5.74) is 0.447. The molecule has 4 heteroatoms. The molecule has 0 saturated heterocycles. The van der Waals surface area contributed by atoms with Crippen molar-refractivity contribution < 1.29 is 20.4 Å². The molecule has 1 fully saturated rings. The zero-order valence-corrected chi connectivity index (χ0v) is 15.3. The van der Waals surface area contributed by atoms with Gasteiger partial charge in [0.15, 0.2) is 0 Å². The third kappa shape index (κ3) is 3.93. The number of aliphatic hydroxyl groups excluding tert-OH is 3. The van der Waals surface area contributed by atoms with E-state index in [1.165, 1.54) is 0 Å². The maximum atomic E-state index is 10.9. The minimum atomic E-state index is -0.800. The van der Waals surface area contributed by atoms with Gasteiger partial charge >= 0.3 is 0 Å². The summed E-state index contributed by atoms with van der Waals surface area (Å²) in [6.07, 6.45) is 4.86. The van der Waals surface area contributed by atoms with Crippen LogP contribution in [0.1, 0.15) is 59.3 Å². The van der Waals surface area contributed by atoms with E-state index in [0.717, 1.165) is 30.4 Å². The molecule has 0 spiro atoms. The number of hydrogen-bond acceptors (Lipinski definition) is 4. The molecule has 2 aliphatic carbocycles. The van der Waals surface area contributed by atoms with Gasteiger partial charge in [-0.2, -0.15) is 0 Å². The molecule has 1 saturated carbocycles. The maximum Gasteiger partial charge on any atom is 0.0780 e. The highest BCUT2D eigenvalue weighted by Crippen LogP contribution is 2.55. The Balaban J connectivity index is 2.39. The molecule has 0 aromatic rings. The minimum absolute atomic E-state index is 0.105. The molecular weight excluding hydrogens is 304 g/mol. The van der Waals surface area contributed by atoms with Crippen molar-refractivity contribution >= 4 is 0 Å². The fourth-order valence-electron chi connectivity index (χ4n) is 4.72. The summed E-state index contributed by atoms with van der Waals surface area (Å²) in [4.78, 5) is 0. The first kappa shape index (κ1) is 19.6. The fraction of sp³-hybridized carbons (Fsp3) is 0.800. The quantitative estimate of drug-likeness (QED) is 0.583. The Bertz CT molecular complexity index is 490. The van der Waals surface area contributed by atoms with Crippen LogP contribution in [0.2, 0.25) is 0 Å². The maximum absolute atomic E-state index is 10.9. The lowest BCUT2D eigenvalue weighted by atomic mass is 9.67. The number of fused-ring (bicyclic) bond motifs is 1. The van der Waals surface area contributed by atoms with Crippen LogP contribution in [-0.2, 0) is 0 Å². The van der Waals surface area contributed by atoms with E-state index in [-0.39, 0.29) is 23.9 Å². The van der Waals surface area contributed by atoms with Gasteiger partial charge in [-0.15, -0.1) is 0 Å². The predicted octanol–water partition coefficient (Wildman–Crippen LogP) is 2.56. The molecule has 4 nitrogen and oxygen atoms in total. The van der Waals surface area contributed by atoms with Gasteiger partial charge in [0.05, 0.1) is 24.4 Å². The number of rotatable bonds is 2. The lowest BCUT2D eigenvalue weighted by Gasteiger charge is -2.41. The summed E-state index contributed by atoms with van der Waals surface area (Å²) in [5, 5.41) is 41.4. The van der Waals surface area contributed by atoms with Crippen LogP contribution in [0, 0.1) is 17.3 Å². The number of aliphatic hydroxyl groups is 4. The molecule has 0 aromatic heterocycles. The molecule has 2 rings (SSSR count). The molecule has 0 aromatic carbocycles. The second-order valence-corrected chi connectivity index (χ2v) is 8.59. The third-order valence-corrected chi connectivity index (χ3v) is 6.49. The summed E-state index contributed by atoms with van der Waals surface area (Å²) in [5.74, 6) is 0.250. The Morgan fingerprint density at radius 2 is 1.88 bits per heavy atom. The molecule has 0 amide bonds. The van der Waals surface area contributed by atoms with Crippen molar-refractivity contribution in [2.24, 2.45) is 17.3 Å². The van der Waals surface area contributed by atoms with Gasteiger partial charge in [-0.1, -0.05) is 19.6 Å². The van der Waals surface area contributed by atoms with Crippen molar-refractivity contribution in [2.45, 2.75) is 77.1 Å². The summed E-state index contributed by atoms with van der Waals surface area (Å²) in [6.45, 7) is 9.72. The Hall–Kier alpha value is -0.680. The molecule has 24 heavy (non-hydrogen) atoms. The summed E-state index contributed by atoms with van der Waals surface area (Å²) >= 11 is 0. The van der Waals surface area contributed by atoms with E-state index in [4.69, 9.17) is 0 Å². The zero-order chi connectivity index (χ0) is 18.1. The first-order chi connectivity index (χ1) is 11.1. The van der Waals surface area contributed by atoms with Crippen molar-refractivity contribution in [1.29, 1.82) is 0 Å². The molecule has 4 N–H and O–H groups in total. The first-order valence-electron chi connectivity index (χ1n) is 9.16. The lowest BCUT2D eigenvalue weighted by molar-refractivity contribution is -0.0376. The van der Waals surface area contributed by atoms with Crippen LogP contribution in [0.5, 0.6) is 0 Å². The van der Waals surface area contributed by atoms with E-state index in [1.54, 1.807) is 6.08 Å². The molecule has 0 aliphatic heterocycles. The molecular formula is C20H34O4. The highest BCUT2D eigenvalue weighted by molar-refractivity contribution is 5.15. The third-order valence-electron chi connectivity index (χ3n) is 6.49. The second kappa shape index (κ2) is 7.28. The highest BCUT2D eigenvalue weighted by Gasteiger charge is 2.52. The molecule has 5 atom stereocenters. The second-order valence-electron chi connectivity index (χ2n) is 8.59. The molecule has 0 bridgehead atoms. The standard InChI is InChI=1S/C20H34O4/c1-13-5-7-16-15(19(2,3)24)9-10-20(16,4)18(23)11-14(12-21)6-8-17(13)22/h11,15-18,21-24H,1,5-10,12H2,2-4H3/b14-11-/t15-,16+,17+,18-,20+/m1/s1. The monoisotopic (exact) mass is 338 g/mol. The first-order valence-corrected chi connectivity index (χ1v) is 9.16. The van der Waals surface area contributed by atoms with Crippen LogP contribution in [0.4, 0.5) is 0 Å². The van der Waals surface area contributed by atoms with Crippen molar-refractivity contribution in [3.05, 3.63) is 23.8 Å².